The summed E-state index contributed by atoms with van der Waals surface area (Å²) < 4.78 is 29.2. The molecular formula is C22H16F2N4O. The molecule has 0 saturated carbocycles. The molecule has 0 unspecified atom stereocenters. The van der Waals surface area contributed by atoms with Gasteiger partial charge >= 0.3 is 0 Å². The van der Waals surface area contributed by atoms with Gasteiger partial charge in [0.2, 0.25) is 0 Å². The van der Waals surface area contributed by atoms with Gasteiger partial charge in [0.15, 0.2) is 11.4 Å². The number of fused-ring (bicyclic) bond motifs is 2. The number of para-hydroxylation sites is 1. The summed E-state index contributed by atoms with van der Waals surface area (Å²) in [5, 5.41) is 0. The van der Waals surface area contributed by atoms with Crippen molar-refractivity contribution in [1.29, 1.82) is 0 Å². The van der Waals surface area contributed by atoms with Crippen LogP contribution in [0, 0.1) is 11.6 Å². The second kappa shape index (κ2) is 6.48. The van der Waals surface area contributed by atoms with Gasteiger partial charge in [0.1, 0.15) is 23.5 Å². The van der Waals surface area contributed by atoms with Gasteiger partial charge in [-0.25, -0.2) is 18.7 Å². The first-order valence-corrected chi connectivity index (χ1v) is 9.21. The molecule has 5 nitrogen and oxygen atoms in total. The Hall–Kier alpha value is -3.61. The number of pyridine rings is 1. The van der Waals surface area contributed by atoms with Gasteiger partial charge in [-0.3, -0.25) is 9.36 Å². The molecule has 29 heavy (non-hydrogen) atoms. The van der Waals surface area contributed by atoms with Crippen molar-refractivity contribution in [2.45, 2.75) is 18.8 Å². The molecule has 2 aromatic heterocycles. The lowest BCUT2D eigenvalue weighted by Crippen LogP contribution is -2.22. The molecule has 0 spiro atoms. The molecule has 2 aromatic carbocycles. The molecule has 4 aromatic rings. The Morgan fingerprint density at radius 1 is 1.03 bits per heavy atom. The third-order valence-corrected chi connectivity index (χ3v) is 5.34. The Morgan fingerprint density at radius 2 is 1.76 bits per heavy atom. The number of nitrogens with two attached hydrogens (primary N) is 1. The van der Waals surface area contributed by atoms with Crippen LogP contribution < -0.4 is 5.73 Å². The molecule has 144 valence electrons. The van der Waals surface area contributed by atoms with Crippen LogP contribution in [0.15, 0.2) is 54.9 Å². The van der Waals surface area contributed by atoms with E-state index in [2.05, 4.69) is 4.98 Å². The molecule has 0 aliphatic heterocycles. The average molecular weight is 390 g/mol. The molecular weight excluding hydrogens is 374 g/mol. The first-order chi connectivity index (χ1) is 14.0. The van der Waals surface area contributed by atoms with Crippen LogP contribution in [0.5, 0.6) is 0 Å². The number of Topliss-reactive ketones (excluding diaryl/α,β-unsaturated/α-hetero) is 1. The van der Waals surface area contributed by atoms with Crippen molar-refractivity contribution in [2.75, 3.05) is 5.73 Å². The lowest BCUT2D eigenvalue weighted by molar-refractivity contribution is 0.0964. The Balaban J connectivity index is 1.65. The van der Waals surface area contributed by atoms with Crippen LogP contribution in [0.2, 0.25) is 0 Å². The van der Waals surface area contributed by atoms with Gasteiger partial charge in [-0.05, 0) is 42.2 Å². The Labute approximate surface area is 164 Å². The zero-order chi connectivity index (χ0) is 20.1. The fourth-order valence-electron chi connectivity index (χ4n) is 4.01. The monoisotopic (exact) mass is 390 g/mol. The van der Waals surface area contributed by atoms with Crippen molar-refractivity contribution < 1.29 is 13.6 Å². The summed E-state index contributed by atoms with van der Waals surface area (Å²) in [6, 6.07) is 12.9. The molecule has 0 fully saturated rings. The maximum Gasteiger partial charge on any atom is 0.167 e. The van der Waals surface area contributed by atoms with Gasteiger partial charge in [0.25, 0.3) is 0 Å². The Bertz CT molecular complexity index is 1250. The van der Waals surface area contributed by atoms with Gasteiger partial charge in [-0.1, -0.05) is 18.2 Å². The minimum atomic E-state index is -0.664. The molecule has 0 amide bonds. The molecule has 1 aliphatic carbocycles. The lowest BCUT2D eigenvalue weighted by Gasteiger charge is -2.24. The maximum absolute atomic E-state index is 13.7. The Morgan fingerprint density at radius 3 is 2.48 bits per heavy atom. The fourth-order valence-corrected chi connectivity index (χ4v) is 4.01. The Kier molecular flexibility index (Phi) is 3.91. The van der Waals surface area contributed by atoms with E-state index in [0.29, 0.717) is 40.1 Å². The SMILES string of the molecule is Nc1c2c(nc3c1ncn3-c1ccccc1)C[C@H](c1cc(F)cc(F)c1)CC2=O. The van der Waals surface area contributed by atoms with E-state index in [-0.39, 0.29) is 18.1 Å². The molecule has 0 saturated heterocycles. The van der Waals surface area contributed by atoms with Crippen LogP contribution in [-0.2, 0) is 6.42 Å². The molecule has 1 aliphatic rings. The number of rotatable bonds is 2. The number of nitrogen functional groups attached to an aromatic ring is 1. The van der Waals surface area contributed by atoms with Crippen LogP contribution in [0.4, 0.5) is 14.5 Å². The van der Waals surface area contributed by atoms with Crippen molar-refractivity contribution in [2.24, 2.45) is 0 Å². The summed E-state index contributed by atoms with van der Waals surface area (Å²) in [6.45, 7) is 0. The summed E-state index contributed by atoms with van der Waals surface area (Å²) in [6.07, 6.45) is 2.11. The van der Waals surface area contributed by atoms with Gasteiger partial charge in [-0.2, -0.15) is 0 Å². The van der Waals surface area contributed by atoms with Crippen LogP contribution in [-0.4, -0.2) is 20.3 Å². The summed E-state index contributed by atoms with van der Waals surface area (Å²) in [4.78, 5) is 21.9. The van der Waals surface area contributed by atoms with E-state index in [4.69, 9.17) is 10.7 Å². The number of anilines is 1. The largest absolute Gasteiger partial charge is 0.396 e. The van der Waals surface area contributed by atoms with Crippen molar-refractivity contribution in [3.8, 4) is 5.69 Å². The van der Waals surface area contributed by atoms with E-state index < -0.39 is 11.6 Å². The highest BCUT2D eigenvalue weighted by Crippen LogP contribution is 2.37. The van der Waals surface area contributed by atoms with E-state index >= 15 is 0 Å². The number of benzene rings is 2. The molecule has 1 atom stereocenters. The smallest absolute Gasteiger partial charge is 0.167 e. The highest BCUT2D eigenvalue weighted by Gasteiger charge is 2.31. The zero-order valence-corrected chi connectivity index (χ0v) is 15.3. The predicted octanol–water partition coefficient (Wildman–Crippen LogP) is 4.19. The minimum Gasteiger partial charge on any atom is -0.396 e. The average Bonchev–Trinajstić information content (AvgIpc) is 3.12. The number of halogens is 2. The van der Waals surface area contributed by atoms with Gasteiger partial charge in [0, 0.05) is 18.2 Å². The molecule has 2 N–H and O–H groups in total. The van der Waals surface area contributed by atoms with E-state index in [9.17, 15) is 13.6 Å². The normalized spacial score (nSPS) is 16.2. The quantitative estimate of drug-likeness (QED) is 0.557. The molecule has 0 bridgehead atoms. The maximum atomic E-state index is 13.7. The third kappa shape index (κ3) is 2.86. The van der Waals surface area contributed by atoms with E-state index in [0.717, 1.165) is 11.8 Å². The fraction of sp³-hybridized carbons (Fsp3) is 0.136. The summed E-state index contributed by atoms with van der Waals surface area (Å²) >= 11 is 0. The number of hydrogen-bond donors (Lipinski definition) is 1. The number of aromatic nitrogens is 3. The third-order valence-electron chi connectivity index (χ3n) is 5.34. The second-order valence-corrected chi connectivity index (χ2v) is 7.20. The highest BCUT2D eigenvalue weighted by atomic mass is 19.1. The van der Waals surface area contributed by atoms with Crippen molar-refractivity contribution in [3.63, 3.8) is 0 Å². The van der Waals surface area contributed by atoms with E-state index in [1.165, 1.54) is 12.1 Å². The van der Waals surface area contributed by atoms with Crippen molar-refractivity contribution >= 4 is 22.6 Å². The topological polar surface area (TPSA) is 73.8 Å². The van der Waals surface area contributed by atoms with Gasteiger partial charge < -0.3 is 5.73 Å². The predicted molar refractivity (Wildman–Crippen MR) is 105 cm³/mol. The molecule has 2 heterocycles. The number of nitrogens with zero attached hydrogens (tertiary/aromatic N) is 3. The first-order valence-electron chi connectivity index (χ1n) is 9.21. The molecule has 5 rings (SSSR count). The highest BCUT2D eigenvalue weighted by molar-refractivity contribution is 6.08. The number of ketones is 1. The second-order valence-electron chi connectivity index (χ2n) is 7.20. The minimum absolute atomic E-state index is 0.118. The number of carbonyl (C=O) groups excluding carboxylic acids is 1. The van der Waals surface area contributed by atoms with Crippen molar-refractivity contribution in [3.05, 3.63) is 83.3 Å². The number of imidazole rings is 1. The van der Waals surface area contributed by atoms with E-state index in [1.54, 1.807) is 6.33 Å². The van der Waals surface area contributed by atoms with Crippen LogP contribution in [0.25, 0.3) is 16.9 Å². The summed E-state index contributed by atoms with van der Waals surface area (Å²) in [5.41, 5.74) is 9.82. The lowest BCUT2D eigenvalue weighted by atomic mass is 9.81. The van der Waals surface area contributed by atoms with Crippen LogP contribution in [0.3, 0.4) is 0 Å². The van der Waals surface area contributed by atoms with E-state index in [1.807, 2.05) is 34.9 Å². The number of carbonyl (C=O) groups is 1. The number of hydrogen-bond acceptors (Lipinski definition) is 4. The van der Waals surface area contributed by atoms with Gasteiger partial charge in [0.05, 0.1) is 16.9 Å². The standard InChI is InChI=1S/C22H16F2N4O/c23-14-6-12(7-15(24)10-14)13-8-17-19(18(29)9-13)20(25)21-22(27-17)28(11-26-21)16-4-2-1-3-5-16/h1-7,10-11,13H,8-9H2,(H2,25,27)/t13-/m0/s1. The first kappa shape index (κ1) is 17.5. The summed E-state index contributed by atoms with van der Waals surface area (Å²) in [5.74, 6) is -1.88. The molecule has 0 radical (unpaired) electrons. The zero-order valence-electron chi connectivity index (χ0n) is 15.3. The van der Waals surface area contributed by atoms with Crippen LogP contribution >= 0.6 is 0 Å². The van der Waals surface area contributed by atoms with Gasteiger partial charge in [-0.15, -0.1) is 0 Å². The summed E-state index contributed by atoms with van der Waals surface area (Å²) in [7, 11) is 0. The van der Waals surface area contributed by atoms with Crippen LogP contribution in [0.1, 0.15) is 34.0 Å². The molecule has 7 heteroatoms. The van der Waals surface area contributed by atoms with Crippen molar-refractivity contribution in [1.82, 2.24) is 14.5 Å².